The number of amides is 1. The molecule has 1 amide bonds. The number of sulfonamides is 1. The predicted molar refractivity (Wildman–Crippen MR) is 105 cm³/mol. The minimum Gasteiger partial charge on any atom is -0.342 e. The number of halogens is 1. The summed E-state index contributed by atoms with van der Waals surface area (Å²) in [7, 11) is -3.91. The van der Waals surface area contributed by atoms with Crippen LogP contribution >= 0.6 is 11.6 Å². The summed E-state index contributed by atoms with van der Waals surface area (Å²) in [5.41, 5.74) is 1.26. The summed E-state index contributed by atoms with van der Waals surface area (Å²) >= 11 is 5.88. The van der Waals surface area contributed by atoms with E-state index in [-0.39, 0.29) is 17.3 Å². The van der Waals surface area contributed by atoms with Gasteiger partial charge in [-0.05, 0) is 56.7 Å². The Hall–Kier alpha value is -2.05. The van der Waals surface area contributed by atoms with Crippen molar-refractivity contribution in [3.05, 3.63) is 59.1 Å². The van der Waals surface area contributed by atoms with E-state index < -0.39 is 10.0 Å². The molecule has 0 heterocycles. The van der Waals surface area contributed by atoms with Crippen molar-refractivity contribution in [3.63, 3.8) is 0 Å². The molecule has 0 aromatic heterocycles. The Bertz CT molecular complexity index is 863. The van der Waals surface area contributed by atoms with Gasteiger partial charge < -0.3 is 4.90 Å². The second-order valence-corrected chi connectivity index (χ2v) is 8.12. The maximum Gasteiger partial charge on any atom is 0.264 e. The number of carbonyl (C=O) groups excluding carboxylic acids is 1. The van der Waals surface area contributed by atoms with E-state index in [2.05, 4.69) is 0 Å². The number of anilines is 1. The normalized spacial score (nSPS) is 11.2. The Morgan fingerprint density at radius 3 is 2.12 bits per heavy atom. The fraction of sp³-hybridized carbons (Fsp3) is 0.316. The van der Waals surface area contributed by atoms with Crippen LogP contribution in [0.15, 0.2) is 53.4 Å². The Morgan fingerprint density at radius 1 is 1.00 bits per heavy atom. The lowest BCUT2D eigenvalue weighted by Gasteiger charge is -2.28. The standard InChI is InChI=1S/C19H23ClN2O3S/c1-4-21(5-2)19(23)14-22(18-9-7-6-8-15(18)3)26(24,25)17-12-10-16(20)11-13-17/h6-13H,4-5,14H2,1-3H3. The molecule has 0 spiro atoms. The predicted octanol–water partition coefficient (Wildman–Crippen LogP) is 3.71. The zero-order valence-corrected chi connectivity index (χ0v) is 16.7. The first-order chi connectivity index (χ1) is 12.3. The van der Waals surface area contributed by atoms with Crippen LogP contribution in [0.5, 0.6) is 0 Å². The third-order valence-electron chi connectivity index (χ3n) is 4.18. The van der Waals surface area contributed by atoms with Crippen molar-refractivity contribution < 1.29 is 13.2 Å². The summed E-state index contributed by atoms with van der Waals surface area (Å²) in [5, 5.41) is 0.450. The molecule has 140 valence electrons. The zero-order valence-electron chi connectivity index (χ0n) is 15.1. The molecule has 0 bridgehead atoms. The highest BCUT2D eigenvalue weighted by molar-refractivity contribution is 7.92. The lowest BCUT2D eigenvalue weighted by molar-refractivity contribution is -0.129. The molecule has 0 radical (unpaired) electrons. The van der Waals surface area contributed by atoms with Gasteiger partial charge >= 0.3 is 0 Å². The first-order valence-corrected chi connectivity index (χ1v) is 10.2. The Kier molecular flexibility index (Phi) is 6.67. The van der Waals surface area contributed by atoms with Crippen LogP contribution in [0.1, 0.15) is 19.4 Å². The van der Waals surface area contributed by atoms with Crippen LogP contribution in [-0.4, -0.2) is 38.9 Å². The van der Waals surface area contributed by atoms with E-state index in [0.717, 1.165) is 5.56 Å². The molecule has 2 aromatic rings. The van der Waals surface area contributed by atoms with Gasteiger partial charge in [-0.15, -0.1) is 0 Å². The molecule has 0 aliphatic carbocycles. The minimum absolute atomic E-state index is 0.0949. The van der Waals surface area contributed by atoms with Crippen LogP contribution in [0.3, 0.4) is 0 Å². The molecule has 26 heavy (non-hydrogen) atoms. The van der Waals surface area contributed by atoms with E-state index in [1.165, 1.54) is 28.6 Å². The first-order valence-electron chi connectivity index (χ1n) is 8.43. The maximum absolute atomic E-state index is 13.2. The number of hydrogen-bond acceptors (Lipinski definition) is 3. The van der Waals surface area contributed by atoms with Gasteiger partial charge in [0.05, 0.1) is 10.6 Å². The third-order valence-corrected chi connectivity index (χ3v) is 6.21. The molecule has 0 fully saturated rings. The van der Waals surface area contributed by atoms with Crippen molar-refractivity contribution in [1.29, 1.82) is 0 Å². The topological polar surface area (TPSA) is 57.7 Å². The van der Waals surface area contributed by atoms with E-state index >= 15 is 0 Å². The van der Waals surface area contributed by atoms with Gasteiger partial charge in [0.15, 0.2) is 0 Å². The molecule has 0 saturated carbocycles. The summed E-state index contributed by atoms with van der Waals surface area (Å²) in [6.45, 7) is 6.36. The number of para-hydroxylation sites is 1. The fourth-order valence-corrected chi connectivity index (χ4v) is 4.28. The second-order valence-electron chi connectivity index (χ2n) is 5.82. The Morgan fingerprint density at radius 2 is 1.58 bits per heavy atom. The molecule has 0 unspecified atom stereocenters. The van der Waals surface area contributed by atoms with Gasteiger partial charge in [0.2, 0.25) is 5.91 Å². The van der Waals surface area contributed by atoms with Crippen LogP contribution in [0, 0.1) is 6.92 Å². The summed E-state index contributed by atoms with van der Waals surface area (Å²) in [6, 6.07) is 13.1. The highest BCUT2D eigenvalue weighted by Crippen LogP contribution is 2.27. The van der Waals surface area contributed by atoms with Crippen molar-refractivity contribution in [1.82, 2.24) is 4.90 Å². The average Bonchev–Trinajstić information content (AvgIpc) is 2.62. The molecule has 2 aromatic carbocycles. The van der Waals surface area contributed by atoms with Gasteiger partial charge in [-0.3, -0.25) is 9.10 Å². The van der Waals surface area contributed by atoms with E-state index in [4.69, 9.17) is 11.6 Å². The van der Waals surface area contributed by atoms with Crippen LogP contribution in [0.25, 0.3) is 0 Å². The molecule has 0 aliphatic rings. The SMILES string of the molecule is CCN(CC)C(=O)CN(c1ccccc1C)S(=O)(=O)c1ccc(Cl)cc1. The van der Waals surface area contributed by atoms with Gasteiger partial charge in [-0.25, -0.2) is 8.42 Å². The van der Waals surface area contributed by atoms with Gasteiger partial charge in [-0.2, -0.15) is 0 Å². The zero-order chi connectivity index (χ0) is 19.3. The third kappa shape index (κ3) is 4.37. The second kappa shape index (κ2) is 8.56. The summed E-state index contributed by atoms with van der Waals surface area (Å²) in [6.07, 6.45) is 0. The van der Waals surface area contributed by atoms with Crippen molar-refractivity contribution >= 4 is 33.2 Å². The number of hydrogen-bond donors (Lipinski definition) is 0. The monoisotopic (exact) mass is 394 g/mol. The number of likely N-dealkylation sites (N-methyl/N-ethyl adjacent to an activating group) is 1. The van der Waals surface area contributed by atoms with Crippen molar-refractivity contribution in [2.45, 2.75) is 25.7 Å². The van der Waals surface area contributed by atoms with Crippen molar-refractivity contribution in [3.8, 4) is 0 Å². The molecular weight excluding hydrogens is 372 g/mol. The molecule has 0 saturated heterocycles. The molecule has 7 heteroatoms. The molecule has 5 nitrogen and oxygen atoms in total. The lowest BCUT2D eigenvalue weighted by Crippen LogP contribution is -2.43. The maximum atomic E-state index is 13.2. The largest absolute Gasteiger partial charge is 0.342 e. The Labute approximate surface area is 160 Å². The van der Waals surface area contributed by atoms with Gasteiger partial charge in [0.25, 0.3) is 10.0 Å². The van der Waals surface area contributed by atoms with Crippen molar-refractivity contribution in [2.75, 3.05) is 23.9 Å². The summed E-state index contributed by atoms with van der Waals surface area (Å²) in [5.74, 6) is -0.240. The lowest BCUT2D eigenvalue weighted by atomic mass is 10.2. The first kappa shape index (κ1) is 20.3. The quantitative estimate of drug-likeness (QED) is 0.719. The molecule has 0 atom stereocenters. The van der Waals surface area contributed by atoms with E-state index in [9.17, 15) is 13.2 Å². The molecule has 0 aliphatic heterocycles. The molecular formula is C19H23ClN2O3S. The fourth-order valence-electron chi connectivity index (χ4n) is 2.68. The molecule has 2 rings (SSSR count). The van der Waals surface area contributed by atoms with Crippen LogP contribution in [-0.2, 0) is 14.8 Å². The summed E-state index contributed by atoms with van der Waals surface area (Å²) < 4.78 is 27.7. The minimum atomic E-state index is -3.91. The van der Waals surface area contributed by atoms with E-state index in [0.29, 0.717) is 23.8 Å². The highest BCUT2D eigenvalue weighted by Gasteiger charge is 2.29. The number of rotatable bonds is 7. The highest BCUT2D eigenvalue weighted by atomic mass is 35.5. The van der Waals surface area contributed by atoms with Crippen LogP contribution in [0.4, 0.5) is 5.69 Å². The average molecular weight is 395 g/mol. The Balaban J connectivity index is 2.51. The summed E-state index contributed by atoms with van der Waals surface area (Å²) in [4.78, 5) is 14.3. The molecule has 0 N–H and O–H groups in total. The van der Waals surface area contributed by atoms with E-state index in [1.807, 2.05) is 32.9 Å². The van der Waals surface area contributed by atoms with E-state index in [1.54, 1.807) is 17.0 Å². The number of aryl methyl sites for hydroxylation is 1. The number of nitrogens with zero attached hydrogens (tertiary/aromatic N) is 2. The smallest absolute Gasteiger partial charge is 0.264 e. The number of carbonyl (C=O) groups is 1. The number of benzene rings is 2. The van der Waals surface area contributed by atoms with Crippen LogP contribution in [0.2, 0.25) is 5.02 Å². The van der Waals surface area contributed by atoms with Crippen molar-refractivity contribution in [2.24, 2.45) is 0 Å². The van der Waals surface area contributed by atoms with Gasteiger partial charge in [-0.1, -0.05) is 29.8 Å². The van der Waals surface area contributed by atoms with Gasteiger partial charge in [0, 0.05) is 18.1 Å². The van der Waals surface area contributed by atoms with Crippen LogP contribution < -0.4 is 4.31 Å². The van der Waals surface area contributed by atoms with Gasteiger partial charge in [0.1, 0.15) is 6.54 Å².